The minimum absolute atomic E-state index is 0.0859. The van der Waals surface area contributed by atoms with Gasteiger partial charge >= 0.3 is 5.69 Å². The number of nitrogen functional groups attached to an aromatic ring is 1. The van der Waals surface area contributed by atoms with E-state index in [0.29, 0.717) is 0 Å². The average molecular weight is 323 g/mol. The Balaban J connectivity index is 2.10. The van der Waals surface area contributed by atoms with E-state index in [1.807, 2.05) is 0 Å². The summed E-state index contributed by atoms with van der Waals surface area (Å²) in [6.07, 6.45) is -6.78. The number of fused-ring (bicyclic) bond motifs is 4. The molecule has 0 aliphatic carbocycles. The van der Waals surface area contributed by atoms with Crippen molar-refractivity contribution in [3.8, 4) is 0 Å². The second-order valence-corrected chi connectivity index (χ2v) is 6.35. The molecule has 0 radical (unpaired) electrons. The molecule has 2 aliphatic heterocycles. The van der Waals surface area contributed by atoms with E-state index in [1.54, 1.807) is 0 Å². The zero-order valence-electron chi connectivity index (χ0n) is 9.84. The van der Waals surface area contributed by atoms with E-state index in [2.05, 4.69) is 17.2 Å². The number of anilines is 1. The van der Waals surface area contributed by atoms with Crippen LogP contribution in [0.4, 0.5) is 10.2 Å². The van der Waals surface area contributed by atoms with E-state index in [1.165, 1.54) is 6.07 Å². The number of nitrogens with two attached hydrogens (primary N) is 1. The van der Waals surface area contributed by atoms with Gasteiger partial charge in [0.05, 0.1) is 5.69 Å². The Morgan fingerprint density at radius 3 is 3.00 bits per heavy atom. The summed E-state index contributed by atoms with van der Waals surface area (Å²) in [4.78, 5) is 15.3. The molecule has 3 N–H and O–H groups in total. The highest BCUT2D eigenvalue weighted by Gasteiger charge is 2.55. The van der Waals surface area contributed by atoms with Gasteiger partial charge in [0.15, 0.2) is 12.4 Å². The van der Waals surface area contributed by atoms with Crippen molar-refractivity contribution in [3.05, 3.63) is 22.2 Å². The molecule has 2 bridgehead atoms. The van der Waals surface area contributed by atoms with Gasteiger partial charge in [-0.15, -0.1) is 0 Å². The third kappa shape index (κ3) is 1.99. The zero-order chi connectivity index (χ0) is 14.6. The molecule has 0 aromatic carbocycles. The minimum Gasteiger partial charge on any atom is -0.384 e. The Kier molecular flexibility index (Phi) is 3.38. The fourth-order valence-electron chi connectivity index (χ4n) is 2.54. The first-order valence-corrected chi connectivity index (χ1v) is 8.27. The summed E-state index contributed by atoms with van der Waals surface area (Å²) >= 11 is 3.59. The van der Waals surface area contributed by atoms with Crippen molar-refractivity contribution in [2.24, 2.45) is 0 Å². The SMILES string of the molecule is Nc1cc2n(c(=O)n1)C1OC(C(O[PH](=O)S)C1F)[C@@H]2O. The normalized spacial score (nSPS) is 36.6. The number of halogens is 1. The fourth-order valence-corrected chi connectivity index (χ4v) is 3.40. The minimum atomic E-state index is -2.73. The van der Waals surface area contributed by atoms with E-state index in [-0.39, 0.29) is 11.5 Å². The van der Waals surface area contributed by atoms with Gasteiger partial charge in [-0.1, -0.05) is 12.2 Å². The first-order valence-electron chi connectivity index (χ1n) is 5.66. The highest BCUT2D eigenvalue weighted by molar-refractivity contribution is 8.39. The zero-order valence-corrected chi connectivity index (χ0v) is 11.7. The third-order valence-electron chi connectivity index (χ3n) is 3.32. The molecule has 0 amide bonds. The molecule has 3 rings (SSSR count). The maximum Gasteiger partial charge on any atom is 0.352 e. The summed E-state index contributed by atoms with van der Waals surface area (Å²) in [6.45, 7) is 0. The van der Waals surface area contributed by atoms with Crippen molar-refractivity contribution in [1.82, 2.24) is 9.55 Å². The number of alkyl halides is 1. The molecule has 20 heavy (non-hydrogen) atoms. The topological polar surface area (TPSA) is 117 Å². The van der Waals surface area contributed by atoms with Crippen LogP contribution in [0.3, 0.4) is 0 Å². The second-order valence-electron chi connectivity index (χ2n) is 4.49. The van der Waals surface area contributed by atoms with Crippen molar-refractivity contribution in [2.75, 3.05) is 5.73 Å². The summed E-state index contributed by atoms with van der Waals surface area (Å²) in [5, 5.41) is 10.2. The maximum absolute atomic E-state index is 14.3. The van der Waals surface area contributed by atoms with Gasteiger partial charge < -0.3 is 20.1 Å². The fraction of sp³-hybridized carbons (Fsp3) is 0.556. The van der Waals surface area contributed by atoms with E-state index in [0.717, 1.165) is 4.57 Å². The van der Waals surface area contributed by atoms with Crippen LogP contribution < -0.4 is 11.4 Å². The second kappa shape index (κ2) is 4.81. The number of aromatic nitrogens is 2. The molecule has 110 valence electrons. The predicted octanol–water partition coefficient (Wildman–Crippen LogP) is -0.187. The lowest BCUT2D eigenvalue weighted by Crippen LogP contribution is -2.39. The van der Waals surface area contributed by atoms with Crippen molar-refractivity contribution in [1.29, 1.82) is 0 Å². The quantitative estimate of drug-likeness (QED) is 0.510. The molecule has 8 nitrogen and oxygen atoms in total. The Hall–Kier alpha value is -0.930. The van der Waals surface area contributed by atoms with E-state index < -0.39 is 43.6 Å². The molecular formula is C9H11FN3O5PS. The number of hydrogen-bond donors (Lipinski definition) is 3. The lowest BCUT2D eigenvalue weighted by molar-refractivity contribution is -0.111. The van der Waals surface area contributed by atoms with Crippen LogP contribution in [0.15, 0.2) is 10.9 Å². The van der Waals surface area contributed by atoms with Crippen LogP contribution in [-0.2, 0) is 13.8 Å². The molecule has 1 aromatic heterocycles. The summed E-state index contributed by atoms with van der Waals surface area (Å²) in [5.41, 5.74) is 4.71. The summed E-state index contributed by atoms with van der Waals surface area (Å²) in [7, 11) is -2.73. The highest BCUT2D eigenvalue weighted by Crippen LogP contribution is 2.47. The van der Waals surface area contributed by atoms with Gasteiger partial charge in [-0.3, -0.25) is 9.13 Å². The number of rotatable bonds is 2. The number of aliphatic hydroxyl groups excluding tert-OH is 1. The molecule has 1 saturated heterocycles. The lowest BCUT2D eigenvalue weighted by atomic mass is 10.1. The summed E-state index contributed by atoms with van der Waals surface area (Å²) in [5.74, 6) is -0.0859. The molecule has 0 saturated carbocycles. The molecule has 2 aliphatic rings. The van der Waals surface area contributed by atoms with Crippen LogP contribution in [0.25, 0.3) is 0 Å². The molecular weight excluding hydrogens is 312 g/mol. The Morgan fingerprint density at radius 2 is 2.35 bits per heavy atom. The average Bonchev–Trinajstić information content (AvgIpc) is 2.62. The summed E-state index contributed by atoms with van der Waals surface area (Å²) < 4.78 is 36.4. The van der Waals surface area contributed by atoms with Crippen molar-refractivity contribution >= 4 is 25.3 Å². The van der Waals surface area contributed by atoms with Gasteiger partial charge in [0.2, 0.25) is 7.23 Å². The number of thiol groups is 1. The van der Waals surface area contributed by atoms with Gasteiger partial charge in [-0.25, -0.2) is 9.18 Å². The third-order valence-corrected chi connectivity index (χ3v) is 4.11. The molecule has 3 heterocycles. The largest absolute Gasteiger partial charge is 0.384 e. The van der Waals surface area contributed by atoms with Gasteiger partial charge in [-0.2, -0.15) is 4.98 Å². The summed E-state index contributed by atoms with van der Waals surface area (Å²) in [6, 6.07) is 1.27. The Morgan fingerprint density at radius 1 is 1.65 bits per heavy atom. The van der Waals surface area contributed by atoms with Crippen molar-refractivity contribution in [3.63, 3.8) is 0 Å². The molecule has 1 aromatic rings. The van der Waals surface area contributed by atoms with E-state index >= 15 is 0 Å². The van der Waals surface area contributed by atoms with Crippen LogP contribution in [0, 0.1) is 0 Å². The molecule has 5 unspecified atom stereocenters. The number of ether oxygens (including phenoxy) is 1. The first kappa shape index (κ1) is 14.0. The van der Waals surface area contributed by atoms with Gasteiger partial charge in [0.1, 0.15) is 24.1 Å². The Bertz CT molecular complexity index is 642. The van der Waals surface area contributed by atoms with Crippen molar-refractivity contribution in [2.45, 2.75) is 30.7 Å². The van der Waals surface area contributed by atoms with Crippen LogP contribution >= 0.6 is 19.5 Å². The smallest absolute Gasteiger partial charge is 0.352 e. The highest BCUT2D eigenvalue weighted by atomic mass is 32.7. The standard InChI is InChI=1S/C9H11FN3O5PS/c10-4-6(18-19(16)20)7-5(14)2-1-3(11)12-9(15)13(2)8(4)17-7/h1,4-8,14,19H,(H,16,20)(H2,11,12,15)/t4?,5-,6?,7?,8?/m1/s1. The van der Waals surface area contributed by atoms with Crippen LogP contribution in [-0.4, -0.2) is 33.0 Å². The lowest BCUT2D eigenvalue weighted by Gasteiger charge is -2.29. The van der Waals surface area contributed by atoms with E-state index in [4.69, 9.17) is 15.0 Å². The van der Waals surface area contributed by atoms with Crippen LogP contribution in [0.1, 0.15) is 18.0 Å². The maximum atomic E-state index is 14.3. The monoisotopic (exact) mass is 323 g/mol. The van der Waals surface area contributed by atoms with Gasteiger partial charge in [0.25, 0.3) is 0 Å². The van der Waals surface area contributed by atoms with Gasteiger partial charge in [-0.05, 0) is 0 Å². The van der Waals surface area contributed by atoms with Crippen molar-refractivity contribution < 1.29 is 23.3 Å². The number of nitrogens with zero attached hydrogens (tertiary/aromatic N) is 2. The molecule has 11 heteroatoms. The number of aliphatic hydroxyl groups is 1. The molecule has 6 atom stereocenters. The number of hydrogen-bond acceptors (Lipinski definition) is 7. The molecule has 0 spiro atoms. The Labute approximate surface area is 117 Å². The van der Waals surface area contributed by atoms with Crippen LogP contribution in [0.2, 0.25) is 0 Å². The predicted molar refractivity (Wildman–Crippen MR) is 69.5 cm³/mol. The van der Waals surface area contributed by atoms with Crippen LogP contribution in [0.5, 0.6) is 0 Å². The molecule has 1 fully saturated rings. The van der Waals surface area contributed by atoms with E-state index in [9.17, 15) is 18.9 Å². The first-order chi connectivity index (χ1) is 9.40. The van der Waals surface area contributed by atoms with Gasteiger partial charge in [0, 0.05) is 6.07 Å².